The molecule has 0 radical (unpaired) electrons. The zero-order valence-electron chi connectivity index (χ0n) is 10.4. The Labute approximate surface area is 92.9 Å². The molecule has 0 heterocycles. The zero-order valence-corrected chi connectivity index (χ0v) is 10.4. The van der Waals surface area contributed by atoms with Gasteiger partial charge in [0.25, 0.3) is 0 Å². The fourth-order valence-corrected chi connectivity index (χ4v) is 1.77. The number of rotatable bonds is 3. The summed E-state index contributed by atoms with van der Waals surface area (Å²) in [6.07, 6.45) is 0. The van der Waals surface area contributed by atoms with Crippen molar-refractivity contribution in [1.82, 2.24) is 0 Å². The molecule has 0 unspecified atom stereocenters. The summed E-state index contributed by atoms with van der Waals surface area (Å²) >= 11 is 0. The zero-order chi connectivity index (χ0) is 11.6. The van der Waals surface area contributed by atoms with E-state index in [4.69, 9.17) is 5.73 Å². The van der Waals surface area contributed by atoms with Crippen LogP contribution < -0.4 is 11.1 Å². The number of aryl methyl sites for hydroxylation is 3. The summed E-state index contributed by atoms with van der Waals surface area (Å²) in [6.45, 7) is 11.2. The summed E-state index contributed by atoms with van der Waals surface area (Å²) in [4.78, 5) is 0. The van der Waals surface area contributed by atoms with E-state index in [1.807, 2.05) is 0 Å². The minimum Gasteiger partial charge on any atom is -0.378 e. The molecule has 3 N–H and O–H groups in total. The molecule has 1 aromatic rings. The molecule has 0 spiro atoms. The Kier molecular flexibility index (Phi) is 3.40. The highest BCUT2D eigenvalue weighted by Gasteiger charge is 2.16. The van der Waals surface area contributed by atoms with Crippen LogP contribution in [0.2, 0.25) is 0 Å². The van der Waals surface area contributed by atoms with Crippen molar-refractivity contribution < 1.29 is 0 Å². The van der Waals surface area contributed by atoms with E-state index in [0.29, 0.717) is 6.54 Å². The van der Waals surface area contributed by atoms with Crippen molar-refractivity contribution in [3.63, 3.8) is 0 Å². The summed E-state index contributed by atoms with van der Waals surface area (Å²) in [7, 11) is 0. The lowest BCUT2D eigenvalue weighted by molar-refractivity contribution is 0.579. The predicted molar refractivity (Wildman–Crippen MR) is 67.4 cm³/mol. The van der Waals surface area contributed by atoms with Crippen LogP contribution in [-0.4, -0.2) is 12.1 Å². The van der Waals surface area contributed by atoms with Crippen LogP contribution in [0.5, 0.6) is 0 Å². The Balaban J connectivity index is 3.05. The smallest absolute Gasteiger partial charge is 0.0439 e. The van der Waals surface area contributed by atoms with Crippen LogP contribution in [0, 0.1) is 20.8 Å². The molecule has 0 aromatic heterocycles. The number of anilines is 1. The minimum atomic E-state index is -0.0508. The van der Waals surface area contributed by atoms with E-state index in [0.717, 1.165) is 0 Å². The van der Waals surface area contributed by atoms with Gasteiger partial charge < -0.3 is 11.1 Å². The molecule has 0 saturated carbocycles. The Hall–Kier alpha value is -1.02. The molecule has 0 atom stereocenters. The van der Waals surface area contributed by atoms with Crippen LogP contribution in [0.25, 0.3) is 0 Å². The van der Waals surface area contributed by atoms with Crippen LogP contribution in [0.3, 0.4) is 0 Å². The number of hydrogen-bond acceptors (Lipinski definition) is 2. The van der Waals surface area contributed by atoms with Crippen molar-refractivity contribution in [2.75, 3.05) is 11.9 Å². The number of benzene rings is 1. The maximum absolute atomic E-state index is 5.72. The van der Waals surface area contributed by atoms with Gasteiger partial charge in [0, 0.05) is 17.8 Å². The Bertz CT molecular complexity index is 331. The third-order valence-corrected chi connectivity index (χ3v) is 2.65. The van der Waals surface area contributed by atoms with Crippen molar-refractivity contribution in [2.45, 2.75) is 40.2 Å². The molecule has 0 bridgehead atoms. The maximum atomic E-state index is 5.72. The third kappa shape index (κ3) is 2.96. The summed E-state index contributed by atoms with van der Waals surface area (Å²) in [5, 5.41) is 3.51. The van der Waals surface area contributed by atoms with E-state index in [2.05, 4.69) is 52.1 Å². The normalized spacial score (nSPS) is 11.6. The van der Waals surface area contributed by atoms with Crippen molar-refractivity contribution in [3.8, 4) is 0 Å². The molecule has 1 aromatic carbocycles. The fraction of sp³-hybridized carbons (Fsp3) is 0.538. The lowest BCUT2D eigenvalue weighted by Crippen LogP contribution is -2.39. The summed E-state index contributed by atoms with van der Waals surface area (Å²) in [5.41, 5.74) is 10.8. The summed E-state index contributed by atoms with van der Waals surface area (Å²) < 4.78 is 0. The van der Waals surface area contributed by atoms with Crippen LogP contribution in [0.4, 0.5) is 5.69 Å². The average Bonchev–Trinajstić information content (AvgIpc) is 2.11. The van der Waals surface area contributed by atoms with Gasteiger partial charge in [0.05, 0.1) is 0 Å². The quantitative estimate of drug-likeness (QED) is 0.798. The van der Waals surface area contributed by atoms with Gasteiger partial charge >= 0.3 is 0 Å². The predicted octanol–water partition coefficient (Wildman–Crippen LogP) is 2.76. The van der Waals surface area contributed by atoms with E-state index in [9.17, 15) is 0 Å². The molecule has 0 aliphatic rings. The Morgan fingerprint density at radius 3 is 2.00 bits per heavy atom. The average molecular weight is 206 g/mol. The van der Waals surface area contributed by atoms with E-state index in [-0.39, 0.29) is 5.54 Å². The van der Waals surface area contributed by atoms with Crippen LogP contribution in [0.1, 0.15) is 30.5 Å². The molecular weight excluding hydrogens is 184 g/mol. The first-order valence-electron chi connectivity index (χ1n) is 5.42. The lowest BCUT2D eigenvalue weighted by atomic mass is 10.0. The molecule has 0 aliphatic carbocycles. The van der Waals surface area contributed by atoms with Gasteiger partial charge in [-0.15, -0.1) is 0 Å². The van der Waals surface area contributed by atoms with Crippen molar-refractivity contribution in [3.05, 3.63) is 28.8 Å². The molecule has 2 heteroatoms. The first-order valence-corrected chi connectivity index (χ1v) is 5.42. The molecule has 0 aliphatic heterocycles. The second kappa shape index (κ2) is 4.23. The van der Waals surface area contributed by atoms with Gasteiger partial charge in [0.15, 0.2) is 0 Å². The molecule has 84 valence electrons. The Morgan fingerprint density at radius 1 is 1.13 bits per heavy atom. The summed E-state index contributed by atoms with van der Waals surface area (Å²) in [6, 6.07) is 4.39. The molecule has 2 nitrogen and oxygen atoms in total. The van der Waals surface area contributed by atoms with Crippen molar-refractivity contribution >= 4 is 5.69 Å². The molecule has 0 amide bonds. The van der Waals surface area contributed by atoms with Gasteiger partial charge in [-0.25, -0.2) is 0 Å². The van der Waals surface area contributed by atoms with E-state index in [1.54, 1.807) is 0 Å². The van der Waals surface area contributed by atoms with Gasteiger partial charge in [-0.2, -0.15) is 0 Å². The first-order chi connectivity index (χ1) is 6.85. The lowest BCUT2D eigenvalue weighted by Gasteiger charge is -2.28. The van der Waals surface area contributed by atoms with Gasteiger partial charge in [-0.1, -0.05) is 17.7 Å². The van der Waals surface area contributed by atoms with E-state index < -0.39 is 0 Å². The second-order valence-corrected chi connectivity index (χ2v) is 4.99. The minimum absolute atomic E-state index is 0.0508. The van der Waals surface area contributed by atoms with E-state index in [1.165, 1.54) is 22.4 Å². The largest absolute Gasteiger partial charge is 0.378 e. The molecular formula is C13H22N2. The van der Waals surface area contributed by atoms with Gasteiger partial charge in [-0.3, -0.25) is 0 Å². The molecule has 15 heavy (non-hydrogen) atoms. The monoisotopic (exact) mass is 206 g/mol. The molecule has 1 rings (SSSR count). The topological polar surface area (TPSA) is 38.0 Å². The highest BCUT2D eigenvalue weighted by molar-refractivity contribution is 5.59. The van der Waals surface area contributed by atoms with Crippen LogP contribution >= 0.6 is 0 Å². The SMILES string of the molecule is Cc1cc(C)c(NC(C)(C)CN)c(C)c1. The van der Waals surface area contributed by atoms with Gasteiger partial charge in [0.1, 0.15) is 0 Å². The standard InChI is InChI=1S/C13H22N2/c1-9-6-10(2)12(11(3)7-9)15-13(4,5)8-14/h6-7,15H,8,14H2,1-5H3. The fourth-order valence-electron chi connectivity index (χ4n) is 1.77. The molecule has 0 saturated heterocycles. The third-order valence-electron chi connectivity index (χ3n) is 2.65. The summed E-state index contributed by atoms with van der Waals surface area (Å²) in [5.74, 6) is 0. The van der Waals surface area contributed by atoms with Gasteiger partial charge in [0.2, 0.25) is 0 Å². The number of hydrogen-bond donors (Lipinski definition) is 2. The highest BCUT2D eigenvalue weighted by Crippen LogP contribution is 2.24. The van der Waals surface area contributed by atoms with Crippen LogP contribution in [0.15, 0.2) is 12.1 Å². The second-order valence-electron chi connectivity index (χ2n) is 4.99. The number of nitrogens with one attached hydrogen (secondary N) is 1. The van der Waals surface area contributed by atoms with Crippen LogP contribution in [-0.2, 0) is 0 Å². The van der Waals surface area contributed by atoms with E-state index >= 15 is 0 Å². The first kappa shape index (κ1) is 12.1. The van der Waals surface area contributed by atoms with Crippen molar-refractivity contribution in [2.24, 2.45) is 5.73 Å². The highest BCUT2D eigenvalue weighted by atomic mass is 15.0. The van der Waals surface area contributed by atoms with Gasteiger partial charge in [-0.05, 0) is 45.7 Å². The molecule has 0 fully saturated rings. The Morgan fingerprint density at radius 2 is 1.60 bits per heavy atom. The van der Waals surface area contributed by atoms with Crippen molar-refractivity contribution in [1.29, 1.82) is 0 Å². The number of nitrogens with two attached hydrogens (primary N) is 1. The maximum Gasteiger partial charge on any atom is 0.0439 e.